The summed E-state index contributed by atoms with van der Waals surface area (Å²) in [7, 11) is 1.57. The summed E-state index contributed by atoms with van der Waals surface area (Å²) in [4.78, 5) is 6.88. The van der Waals surface area contributed by atoms with E-state index in [1.54, 1.807) is 30.0 Å². The number of pyridine rings is 1. The summed E-state index contributed by atoms with van der Waals surface area (Å²) in [6.07, 6.45) is 1.57. The number of halogens is 3. The molecule has 3 atom stereocenters. The second-order valence-electron chi connectivity index (χ2n) is 9.60. The number of hydrogen-bond acceptors (Lipinski definition) is 8. The van der Waals surface area contributed by atoms with Crippen molar-refractivity contribution < 1.29 is 22.6 Å². The Bertz CT molecular complexity index is 1220. The van der Waals surface area contributed by atoms with Crippen molar-refractivity contribution in [2.24, 2.45) is 11.8 Å². The van der Waals surface area contributed by atoms with Crippen LogP contribution in [0.25, 0.3) is 5.65 Å². The average Bonchev–Trinajstić information content (AvgIpc) is 3.55. The maximum absolute atomic E-state index is 12.8. The molecule has 0 radical (unpaired) electrons. The van der Waals surface area contributed by atoms with Gasteiger partial charge >= 0.3 is 6.18 Å². The number of nitrogens with zero attached hydrogens (tertiary/aromatic N) is 6. The van der Waals surface area contributed by atoms with Crippen LogP contribution in [0.15, 0.2) is 24.4 Å². The van der Waals surface area contributed by atoms with Gasteiger partial charge in [0.2, 0.25) is 11.8 Å². The number of ether oxygens (including phenoxy) is 2. The quantitative estimate of drug-likeness (QED) is 0.538. The molecule has 2 saturated carbocycles. The number of piperidine rings is 1. The van der Waals surface area contributed by atoms with E-state index in [-0.39, 0.29) is 11.8 Å². The Morgan fingerprint density at radius 3 is 2.57 bits per heavy atom. The minimum atomic E-state index is -4.42. The monoisotopic (exact) mass is 489 g/mol. The number of aromatic nitrogens is 5. The predicted molar refractivity (Wildman–Crippen MR) is 121 cm³/mol. The number of alkyl halides is 3. The first-order valence-corrected chi connectivity index (χ1v) is 11.9. The summed E-state index contributed by atoms with van der Waals surface area (Å²) in [6.45, 7) is 0.339. The van der Waals surface area contributed by atoms with Crippen LogP contribution in [0, 0.1) is 11.8 Å². The fourth-order valence-electron chi connectivity index (χ4n) is 5.41. The molecule has 4 heterocycles. The fraction of sp³-hybridized carbons (Fsp3) is 0.565. The number of hydrogen-bond donors (Lipinski definition) is 1. The largest absolute Gasteiger partial charge is 0.480 e. The van der Waals surface area contributed by atoms with Gasteiger partial charge in [-0.1, -0.05) is 0 Å². The molecule has 1 N–H and O–H groups in total. The van der Waals surface area contributed by atoms with E-state index >= 15 is 0 Å². The molecule has 0 spiro atoms. The van der Waals surface area contributed by atoms with Crippen LogP contribution < -0.4 is 19.7 Å². The lowest BCUT2D eigenvalue weighted by Gasteiger charge is -2.39. The van der Waals surface area contributed by atoms with Crippen molar-refractivity contribution in [3.63, 3.8) is 0 Å². The number of methoxy groups -OCH3 is 1. The van der Waals surface area contributed by atoms with Gasteiger partial charge in [-0.05, 0) is 49.7 Å². The molecule has 2 aliphatic carbocycles. The molecule has 3 aromatic heterocycles. The summed E-state index contributed by atoms with van der Waals surface area (Å²) in [5.74, 6) is 2.11. The number of anilines is 2. The maximum Gasteiger partial charge on any atom is 0.422 e. The zero-order valence-corrected chi connectivity index (χ0v) is 19.2. The third-order valence-electron chi connectivity index (χ3n) is 7.19. The van der Waals surface area contributed by atoms with Gasteiger partial charge in [-0.15, -0.1) is 10.2 Å². The van der Waals surface area contributed by atoms with Crippen LogP contribution >= 0.6 is 0 Å². The lowest BCUT2D eigenvalue weighted by Crippen LogP contribution is -2.48. The molecule has 0 aromatic carbocycles. The van der Waals surface area contributed by atoms with Crippen molar-refractivity contribution in [1.29, 1.82) is 0 Å². The number of rotatable bonds is 7. The molecule has 2 bridgehead atoms. The van der Waals surface area contributed by atoms with Gasteiger partial charge in [-0.3, -0.25) is 0 Å². The van der Waals surface area contributed by atoms with E-state index in [0.717, 1.165) is 50.2 Å². The van der Waals surface area contributed by atoms with Gasteiger partial charge in [-0.2, -0.15) is 23.3 Å². The summed E-state index contributed by atoms with van der Waals surface area (Å²) < 4.78 is 50.2. The molecule has 6 rings (SSSR count). The Hall–Kier alpha value is -3.31. The van der Waals surface area contributed by atoms with Crippen molar-refractivity contribution >= 4 is 17.3 Å². The van der Waals surface area contributed by atoms with E-state index in [9.17, 15) is 13.2 Å². The Kier molecular flexibility index (Phi) is 5.33. The van der Waals surface area contributed by atoms with Crippen molar-refractivity contribution in [2.75, 3.05) is 37.0 Å². The third kappa shape index (κ3) is 4.41. The summed E-state index contributed by atoms with van der Waals surface area (Å²) in [5, 5.41) is 16.2. The highest BCUT2D eigenvalue weighted by Crippen LogP contribution is 2.42. The minimum Gasteiger partial charge on any atom is -0.480 e. The highest BCUT2D eigenvalue weighted by molar-refractivity contribution is 5.58. The van der Waals surface area contributed by atoms with Gasteiger partial charge in [0.05, 0.1) is 19.0 Å². The van der Waals surface area contributed by atoms with Crippen molar-refractivity contribution in [2.45, 2.75) is 43.8 Å². The first kappa shape index (κ1) is 22.2. The van der Waals surface area contributed by atoms with Crippen molar-refractivity contribution in [1.82, 2.24) is 24.8 Å². The topological polar surface area (TPSA) is 89.7 Å². The second kappa shape index (κ2) is 8.42. The van der Waals surface area contributed by atoms with E-state index in [1.165, 1.54) is 0 Å². The molecule has 12 heteroatoms. The van der Waals surface area contributed by atoms with Crippen LogP contribution in [0.5, 0.6) is 11.6 Å². The van der Waals surface area contributed by atoms with E-state index in [0.29, 0.717) is 35.2 Å². The molecule has 186 valence electrons. The van der Waals surface area contributed by atoms with Crippen LogP contribution in [-0.2, 0) is 0 Å². The molecule has 3 aromatic rings. The van der Waals surface area contributed by atoms with Crippen molar-refractivity contribution in [3.8, 4) is 11.6 Å². The lowest BCUT2D eigenvalue weighted by molar-refractivity contribution is -0.153. The number of nitrogens with one attached hydrogen (secondary N) is 1. The molecule has 0 amide bonds. The molecule has 3 fully saturated rings. The van der Waals surface area contributed by atoms with Gasteiger partial charge in [0.1, 0.15) is 0 Å². The summed E-state index contributed by atoms with van der Waals surface area (Å²) >= 11 is 0. The van der Waals surface area contributed by atoms with E-state index in [4.69, 9.17) is 9.47 Å². The molecule has 1 aliphatic heterocycles. The van der Waals surface area contributed by atoms with Gasteiger partial charge < -0.3 is 19.7 Å². The first-order valence-electron chi connectivity index (χ1n) is 11.9. The molecular weight excluding hydrogens is 463 g/mol. The zero-order valence-electron chi connectivity index (χ0n) is 19.2. The zero-order chi connectivity index (χ0) is 24.2. The molecule has 1 unspecified atom stereocenters. The Morgan fingerprint density at radius 2 is 1.89 bits per heavy atom. The van der Waals surface area contributed by atoms with Crippen LogP contribution in [0.2, 0.25) is 0 Å². The van der Waals surface area contributed by atoms with E-state index in [1.807, 2.05) is 6.07 Å². The summed E-state index contributed by atoms with van der Waals surface area (Å²) in [5.41, 5.74) is 2.26. The molecular formula is C23H26F3N7O2. The fourth-order valence-corrected chi connectivity index (χ4v) is 5.41. The minimum absolute atomic E-state index is 0.0872. The van der Waals surface area contributed by atoms with Crippen LogP contribution in [0.4, 0.5) is 24.8 Å². The van der Waals surface area contributed by atoms with E-state index in [2.05, 4.69) is 30.5 Å². The molecule has 35 heavy (non-hydrogen) atoms. The highest BCUT2D eigenvalue weighted by Gasteiger charge is 2.43. The normalized spacial score (nSPS) is 24.1. The van der Waals surface area contributed by atoms with Gasteiger partial charge in [0, 0.05) is 36.8 Å². The van der Waals surface area contributed by atoms with E-state index < -0.39 is 12.8 Å². The first-order chi connectivity index (χ1) is 16.9. The number of fused-ring (bicyclic) bond motifs is 3. The Labute approximate surface area is 199 Å². The highest BCUT2D eigenvalue weighted by atomic mass is 19.4. The van der Waals surface area contributed by atoms with Crippen LogP contribution in [0.3, 0.4) is 0 Å². The molecule has 3 aliphatic rings. The smallest absolute Gasteiger partial charge is 0.422 e. The van der Waals surface area contributed by atoms with Gasteiger partial charge in [0.25, 0.3) is 0 Å². The third-order valence-corrected chi connectivity index (χ3v) is 7.19. The van der Waals surface area contributed by atoms with Crippen LogP contribution in [0.1, 0.15) is 37.3 Å². The predicted octanol–water partition coefficient (Wildman–Crippen LogP) is 3.67. The Balaban J connectivity index is 1.23. The lowest BCUT2D eigenvalue weighted by atomic mass is 9.92. The van der Waals surface area contributed by atoms with Gasteiger partial charge in [-0.25, -0.2) is 4.52 Å². The standard InChI is InChI=1S/C23H26F3N7O2/c1-34-19-8-16(9-27-30-19)32-10-14-4-5-15(11-32)20(14)28-22-29-21-18(35-12-23(24,25)26)7-6-17(13-2-3-13)33(21)31-22/h6-9,13-15,20H,2-5,10-12H2,1H3,(H,28,31)/t14-,15+,20?. The average molecular weight is 490 g/mol. The van der Waals surface area contributed by atoms with Crippen LogP contribution in [-0.4, -0.2) is 63.8 Å². The SMILES string of the molecule is COc1cc(N2C[C@H]3CC[C@@H](C2)C3Nc2nc3c(OCC(F)(F)F)ccc(C4CC4)n3n2)cnn1. The maximum atomic E-state index is 12.8. The van der Waals surface area contributed by atoms with Gasteiger partial charge in [0.15, 0.2) is 18.0 Å². The summed E-state index contributed by atoms with van der Waals surface area (Å²) in [6, 6.07) is 5.45. The molecule has 9 nitrogen and oxygen atoms in total. The van der Waals surface area contributed by atoms with Crippen molar-refractivity contribution in [3.05, 3.63) is 30.1 Å². The molecule has 1 saturated heterocycles. The Morgan fingerprint density at radius 1 is 1.11 bits per heavy atom. The second-order valence-corrected chi connectivity index (χ2v) is 9.60.